The number of alkyl halides is 3. The SMILES string of the molecule is O=C1NC(c2ccc(-c3ccccc3[N+](=O)[O-])o2)=C(C(=O)c2ccc(Cl)cc2)C(O)(C(F)(F)F)N1. The molecule has 1 aliphatic heterocycles. The van der Waals surface area contributed by atoms with Crippen molar-refractivity contribution in [3.63, 3.8) is 0 Å². The third-order valence-electron chi connectivity index (χ3n) is 5.11. The highest BCUT2D eigenvalue weighted by Gasteiger charge is 2.62. The second kappa shape index (κ2) is 8.56. The molecule has 0 bridgehead atoms. The number of hydrogen-bond donors (Lipinski definition) is 3. The summed E-state index contributed by atoms with van der Waals surface area (Å²) in [4.78, 5) is 36.0. The Balaban J connectivity index is 1.94. The van der Waals surface area contributed by atoms with Crippen molar-refractivity contribution in [2.24, 2.45) is 0 Å². The molecular weight excluding hydrogens is 495 g/mol. The van der Waals surface area contributed by atoms with Gasteiger partial charge in [0.1, 0.15) is 5.76 Å². The molecule has 0 saturated carbocycles. The fourth-order valence-electron chi connectivity index (χ4n) is 3.49. The summed E-state index contributed by atoms with van der Waals surface area (Å²) in [6.07, 6.45) is -5.51. The topological polar surface area (TPSA) is 135 Å². The van der Waals surface area contributed by atoms with Crippen LogP contribution < -0.4 is 10.6 Å². The lowest BCUT2D eigenvalue weighted by molar-refractivity contribution is -0.384. The van der Waals surface area contributed by atoms with E-state index in [2.05, 4.69) is 5.32 Å². The van der Waals surface area contributed by atoms with Crippen molar-refractivity contribution in [3.05, 3.63) is 92.7 Å². The monoisotopic (exact) mass is 507 g/mol. The number of rotatable bonds is 5. The number of urea groups is 1. The van der Waals surface area contributed by atoms with Gasteiger partial charge in [0.25, 0.3) is 11.4 Å². The van der Waals surface area contributed by atoms with Gasteiger partial charge < -0.3 is 14.8 Å². The molecule has 1 aliphatic rings. The molecular formula is C22H13ClF3N3O6. The number of halogens is 4. The Labute approximate surface area is 199 Å². The number of Topliss-reactive ketones (excluding diaryl/α,β-unsaturated/α-hetero) is 1. The van der Waals surface area contributed by atoms with E-state index in [1.54, 1.807) is 0 Å². The average molecular weight is 508 g/mol. The van der Waals surface area contributed by atoms with E-state index in [4.69, 9.17) is 16.0 Å². The van der Waals surface area contributed by atoms with Crippen LogP contribution in [-0.2, 0) is 0 Å². The summed E-state index contributed by atoms with van der Waals surface area (Å²) >= 11 is 5.79. The number of hydrogen-bond acceptors (Lipinski definition) is 6. The van der Waals surface area contributed by atoms with E-state index in [1.807, 2.05) is 0 Å². The minimum Gasteiger partial charge on any atom is -0.454 e. The average Bonchev–Trinajstić information content (AvgIpc) is 3.28. The van der Waals surface area contributed by atoms with Crippen LogP contribution in [-0.4, -0.2) is 33.7 Å². The van der Waals surface area contributed by atoms with Gasteiger partial charge in [-0.3, -0.25) is 20.2 Å². The number of carbonyl (C=O) groups excluding carboxylic acids is 2. The Bertz CT molecular complexity index is 1380. The molecule has 3 N–H and O–H groups in total. The van der Waals surface area contributed by atoms with Crippen LogP contribution in [0.1, 0.15) is 16.1 Å². The molecule has 9 nitrogen and oxygen atoms in total. The maximum atomic E-state index is 14.0. The number of ketones is 1. The van der Waals surface area contributed by atoms with Crippen LogP contribution in [0.2, 0.25) is 5.02 Å². The van der Waals surface area contributed by atoms with Crippen LogP contribution in [0.25, 0.3) is 17.0 Å². The minimum absolute atomic E-state index is 0.00118. The molecule has 2 amide bonds. The summed E-state index contributed by atoms with van der Waals surface area (Å²) < 4.78 is 47.5. The Hall–Kier alpha value is -4.16. The number of nitrogens with zero attached hydrogens (tertiary/aromatic N) is 1. The van der Waals surface area contributed by atoms with Crippen molar-refractivity contribution in [1.29, 1.82) is 0 Å². The van der Waals surface area contributed by atoms with E-state index in [0.717, 1.165) is 18.2 Å². The smallest absolute Gasteiger partial charge is 0.441 e. The Morgan fingerprint density at radius 3 is 2.31 bits per heavy atom. The van der Waals surface area contributed by atoms with Crippen molar-refractivity contribution in [1.82, 2.24) is 10.6 Å². The zero-order valence-corrected chi connectivity index (χ0v) is 18.0. The van der Waals surface area contributed by atoms with Gasteiger partial charge in [-0.05, 0) is 42.5 Å². The van der Waals surface area contributed by atoms with Gasteiger partial charge in [0, 0.05) is 16.7 Å². The quantitative estimate of drug-likeness (QED) is 0.261. The molecule has 13 heteroatoms. The third kappa shape index (κ3) is 4.24. The van der Waals surface area contributed by atoms with Crippen LogP contribution in [0.5, 0.6) is 0 Å². The first-order valence-corrected chi connectivity index (χ1v) is 10.1. The van der Waals surface area contributed by atoms with Gasteiger partial charge in [-0.1, -0.05) is 23.7 Å². The Kier molecular flexibility index (Phi) is 5.87. The lowest BCUT2D eigenvalue weighted by Crippen LogP contribution is -2.66. The highest BCUT2D eigenvalue weighted by atomic mass is 35.5. The summed E-state index contributed by atoms with van der Waals surface area (Å²) in [5.74, 6) is -1.86. The summed E-state index contributed by atoms with van der Waals surface area (Å²) in [5.41, 5.74) is -6.73. The normalized spacial score (nSPS) is 18.1. The molecule has 0 aliphatic carbocycles. The second-order valence-corrected chi connectivity index (χ2v) is 7.75. The Morgan fingerprint density at radius 2 is 1.69 bits per heavy atom. The molecule has 2 aromatic carbocycles. The predicted octanol–water partition coefficient (Wildman–Crippen LogP) is 4.67. The number of benzene rings is 2. The molecule has 1 aromatic heterocycles. The molecule has 35 heavy (non-hydrogen) atoms. The van der Waals surface area contributed by atoms with Crippen LogP contribution in [0.3, 0.4) is 0 Å². The summed E-state index contributed by atoms with van der Waals surface area (Å²) in [7, 11) is 0. The predicted molar refractivity (Wildman–Crippen MR) is 116 cm³/mol. The van der Waals surface area contributed by atoms with Crippen LogP contribution in [0, 0.1) is 10.1 Å². The number of nitro benzene ring substituents is 1. The summed E-state index contributed by atoms with van der Waals surface area (Å²) in [6, 6.07) is 11.1. The van der Waals surface area contributed by atoms with E-state index in [-0.39, 0.29) is 27.6 Å². The molecule has 1 atom stereocenters. The molecule has 1 unspecified atom stereocenters. The van der Waals surface area contributed by atoms with Crippen molar-refractivity contribution < 1.29 is 37.2 Å². The molecule has 3 aromatic rings. The first kappa shape index (κ1) is 24.0. The van der Waals surface area contributed by atoms with E-state index >= 15 is 0 Å². The largest absolute Gasteiger partial charge is 0.454 e. The zero-order chi connectivity index (χ0) is 25.5. The van der Waals surface area contributed by atoms with E-state index in [9.17, 15) is 38.0 Å². The molecule has 0 radical (unpaired) electrons. The number of nitro groups is 1. The number of para-hydroxylation sites is 1. The molecule has 0 saturated heterocycles. The molecule has 2 heterocycles. The van der Waals surface area contributed by atoms with E-state index in [1.165, 1.54) is 47.8 Å². The maximum Gasteiger partial charge on any atom is 0.441 e. The first-order chi connectivity index (χ1) is 16.4. The van der Waals surface area contributed by atoms with Crippen molar-refractivity contribution in [2.75, 3.05) is 0 Å². The van der Waals surface area contributed by atoms with Crippen molar-refractivity contribution in [2.45, 2.75) is 11.9 Å². The molecule has 0 spiro atoms. The maximum absolute atomic E-state index is 14.0. The Morgan fingerprint density at radius 1 is 1.06 bits per heavy atom. The fourth-order valence-corrected chi connectivity index (χ4v) is 3.62. The van der Waals surface area contributed by atoms with Gasteiger partial charge >= 0.3 is 12.2 Å². The molecule has 4 rings (SSSR count). The van der Waals surface area contributed by atoms with Crippen LogP contribution >= 0.6 is 11.6 Å². The molecule has 0 fully saturated rings. The van der Waals surface area contributed by atoms with Crippen LogP contribution in [0.15, 0.2) is 70.7 Å². The lowest BCUT2D eigenvalue weighted by atomic mass is 9.89. The van der Waals surface area contributed by atoms with E-state index < -0.39 is 45.7 Å². The van der Waals surface area contributed by atoms with Gasteiger partial charge in [-0.15, -0.1) is 0 Å². The standard InChI is InChI=1S/C22H13ClF3N3O6/c23-12-7-5-11(6-8-12)19(30)17-18(27-20(31)28-21(17,32)22(24,25)26)16-10-9-15(35-16)13-3-1-2-4-14(13)29(33)34/h1-10,32H,(H2,27,28,31). The molecule has 180 valence electrons. The van der Waals surface area contributed by atoms with Gasteiger partial charge in [0.2, 0.25) is 0 Å². The highest BCUT2D eigenvalue weighted by molar-refractivity contribution is 6.30. The van der Waals surface area contributed by atoms with Crippen molar-refractivity contribution >= 4 is 34.8 Å². The zero-order valence-electron chi connectivity index (χ0n) is 17.2. The number of aliphatic hydroxyl groups is 1. The number of amides is 2. The van der Waals surface area contributed by atoms with Crippen molar-refractivity contribution in [3.8, 4) is 11.3 Å². The minimum atomic E-state index is -5.51. The first-order valence-electron chi connectivity index (χ1n) is 9.69. The van der Waals surface area contributed by atoms with Gasteiger partial charge in [-0.25, -0.2) is 4.79 Å². The third-order valence-corrected chi connectivity index (χ3v) is 5.36. The number of nitrogens with one attached hydrogen (secondary N) is 2. The van der Waals surface area contributed by atoms with Gasteiger partial charge in [0.05, 0.1) is 21.8 Å². The van der Waals surface area contributed by atoms with E-state index in [0.29, 0.717) is 0 Å². The lowest BCUT2D eigenvalue weighted by Gasteiger charge is -2.37. The highest BCUT2D eigenvalue weighted by Crippen LogP contribution is 2.41. The number of carbonyl (C=O) groups is 2. The number of furan rings is 1. The summed E-state index contributed by atoms with van der Waals surface area (Å²) in [5, 5.41) is 25.5. The fraction of sp³-hybridized carbons (Fsp3) is 0.0909. The second-order valence-electron chi connectivity index (χ2n) is 7.31. The van der Waals surface area contributed by atoms with Crippen LogP contribution in [0.4, 0.5) is 23.7 Å². The summed E-state index contributed by atoms with van der Waals surface area (Å²) in [6.45, 7) is 0. The van der Waals surface area contributed by atoms with Gasteiger partial charge in [0.15, 0.2) is 11.5 Å². The van der Waals surface area contributed by atoms with Gasteiger partial charge in [-0.2, -0.15) is 13.2 Å².